The third kappa shape index (κ3) is 3.80. The maximum atomic E-state index is 11.7. The molecular weight excluding hydrogens is 226 g/mol. The molecule has 0 unspecified atom stereocenters. The Morgan fingerprint density at radius 1 is 1.50 bits per heavy atom. The third-order valence-corrected chi connectivity index (χ3v) is 3.04. The first kappa shape index (κ1) is 13.0. The summed E-state index contributed by atoms with van der Waals surface area (Å²) in [5.41, 5.74) is 0. The highest BCUT2D eigenvalue weighted by molar-refractivity contribution is 8.00. The van der Waals surface area contributed by atoms with Crippen LogP contribution in [0.5, 0.6) is 0 Å². The zero-order valence-corrected chi connectivity index (χ0v) is 10.8. The molecule has 0 saturated heterocycles. The van der Waals surface area contributed by atoms with Crippen LogP contribution in [0.15, 0.2) is 5.16 Å². The lowest BCUT2D eigenvalue weighted by Gasteiger charge is -2.12. The van der Waals surface area contributed by atoms with E-state index in [0.717, 1.165) is 0 Å². The molecule has 1 aromatic heterocycles. The minimum Gasteiger partial charge on any atom is -0.355 e. The van der Waals surface area contributed by atoms with Gasteiger partial charge in [0.25, 0.3) is 0 Å². The monoisotopic (exact) mass is 243 g/mol. The van der Waals surface area contributed by atoms with E-state index in [0.29, 0.717) is 17.6 Å². The first-order valence-electron chi connectivity index (χ1n) is 5.17. The van der Waals surface area contributed by atoms with Crippen LogP contribution < -0.4 is 5.32 Å². The van der Waals surface area contributed by atoms with Crippen molar-refractivity contribution >= 4 is 17.7 Å². The van der Waals surface area contributed by atoms with Gasteiger partial charge in [-0.25, -0.2) is 4.68 Å². The largest absolute Gasteiger partial charge is 0.355 e. The summed E-state index contributed by atoms with van der Waals surface area (Å²) in [6.45, 7) is 6.66. The van der Waals surface area contributed by atoms with Crippen molar-refractivity contribution in [1.29, 1.82) is 0 Å². The second-order valence-electron chi connectivity index (χ2n) is 3.98. The Kier molecular flexibility index (Phi) is 4.72. The normalized spacial score (nSPS) is 12.8. The van der Waals surface area contributed by atoms with Gasteiger partial charge in [-0.2, -0.15) is 0 Å². The van der Waals surface area contributed by atoms with E-state index >= 15 is 0 Å². The van der Waals surface area contributed by atoms with Crippen LogP contribution in [0.4, 0.5) is 0 Å². The molecular formula is C9H17N5OS. The van der Waals surface area contributed by atoms with Gasteiger partial charge < -0.3 is 5.32 Å². The van der Waals surface area contributed by atoms with Gasteiger partial charge in [0.2, 0.25) is 11.1 Å². The summed E-state index contributed by atoms with van der Waals surface area (Å²) in [7, 11) is 1.75. The van der Waals surface area contributed by atoms with Crippen LogP contribution in [0.3, 0.4) is 0 Å². The first-order chi connectivity index (χ1) is 7.50. The number of nitrogens with one attached hydrogen (secondary N) is 1. The maximum absolute atomic E-state index is 11.7. The highest BCUT2D eigenvalue weighted by Gasteiger charge is 2.17. The quantitative estimate of drug-likeness (QED) is 0.761. The summed E-state index contributed by atoms with van der Waals surface area (Å²) in [5, 5.41) is 14.4. The molecule has 0 radical (unpaired) electrons. The molecule has 1 heterocycles. The smallest absolute Gasteiger partial charge is 0.233 e. The fourth-order valence-electron chi connectivity index (χ4n) is 0.981. The number of nitrogens with zero attached hydrogens (tertiary/aromatic N) is 4. The zero-order valence-electron chi connectivity index (χ0n) is 9.97. The number of carbonyl (C=O) groups is 1. The molecule has 0 aliphatic rings. The number of hydrogen-bond acceptors (Lipinski definition) is 5. The van der Waals surface area contributed by atoms with Crippen LogP contribution in [0.1, 0.15) is 20.8 Å². The van der Waals surface area contributed by atoms with Crippen LogP contribution in [-0.2, 0) is 11.8 Å². The van der Waals surface area contributed by atoms with Gasteiger partial charge in [-0.3, -0.25) is 4.79 Å². The number of tetrazole rings is 1. The molecule has 7 heteroatoms. The van der Waals surface area contributed by atoms with Gasteiger partial charge in [0.05, 0.1) is 5.25 Å². The number of rotatable bonds is 5. The minimum absolute atomic E-state index is 0.0155. The average molecular weight is 243 g/mol. The Morgan fingerprint density at radius 2 is 2.19 bits per heavy atom. The van der Waals surface area contributed by atoms with Gasteiger partial charge in [0, 0.05) is 13.6 Å². The van der Waals surface area contributed by atoms with Crippen molar-refractivity contribution in [2.24, 2.45) is 13.0 Å². The summed E-state index contributed by atoms with van der Waals surface area (Å²) < 4.78 is 1.55. The van der Waals surface area contributed by atoms with Gasteiger partial charge in [-0.15, -0.1) is 5.10 Å². The number of carbonyl (C=O) groups excluding carboxylic acids is 1. The van der Waals surface area contributed by atoms with Crippen molar-refractivity contribution in [2.75, 3.05) is 6.54 Å². The summed E-state index contributed by atoms with van der Waals surface area (Å²) in [4.78, 5) is 11.7. The highest BCUT2D eigenvalue weighted by atomic mass is 32.2. The Balaban J connectivity index is 2.43. The highest BCUT2D eigenvalue weighted by Crippen LogP contribution is 2.19. The molecule has 6 nitrogen and oxygen atoms in total. The predicted octanol–water partition coefficient (Wildman–Crippen LogP) is 0.463. The molecule has 1 aromatic rings. The second-order valence-corrected chi connectivity index (χ2v) is 5.29. The van der Waals surface area contributed by atoms with E-state index in [2.05, 4.69) is 34.7 Å². The van der Waals surface area contributed by atoms with Crippen molar-refractivity contribution in [3.63, 3.8) is 0 Å². The molecule has 1 rings (SSSR count). The fourth-order valence-corrected chi connectivity index (χ4v) is 1.76. The van der Waals surface area contributed by atoms with Gasteiger partial charge in [0.1, 0.15) is 0 Å². The molecule has 1 amide bonds. The second kappa shape index (κ2) is 5.83. The lowest BCUT2D eigenvalue weighted by molar-refractivity contribution is -0.120. The molecule has 0 spiro atoms. The van der Waals surface area contributed by atoms with Crippen LogP contribution >= 0.6 is 11.8 Å². The topological polar surface area (TPSA) is 72.7 Å². The van der Waals surface area contributed by atoms with Crippen LogP contribution in [0.2, 0.25) is 0 Å². The molecule has 0 fully saturated rings. The van der Waals surface area contributed by atoms with Crippen molar-refractivity contribution < 1.29 is 4.79 Å². The van der Waals surface area contributed by atoms with Crippen LogP contribution in [0.25, 0.3) is 0 Å². The Bertz CT molecular complexity index is 351. The SMILES string of the molecule is CC(C)CNC(=O)[C@@H](C)Sc1nnnn1C. The Labute approximate surface area is 99.2 Å². The van der Waals surface area contributed by atoms with Gasteiger partial charge >= 0.3 is 0 Å². The van der Waals surface area contributed by atoms with E-state index in [1.54, 1.807) is 11.7 Å². The van der Waals surface area contributed by atoms with E-state index in [1.807, 2.05) is 6.92 Å². The van der Waals surface area contributed by atoms with E-state index in [-0.39, 0.29) is 11.2 Å². The summed E-state index contributed by atoms with van der Waals surface area (Å²) in [6, 6.07) is 0. The average Bonchev–Trinajstić information content (AvgIpc) is 2.60. The number of thioether (sulfide) groups is 1. The maximum Gasteiger partial charge on any atom is 0.233 e. The zero-order chi connectivity index (χ0) is 12.1. The molecule has 0 saturated carbocycles. The molecule has 0 bridgehead atoms. The first-order valence-corrected chi connectivity index (χ1v) is 6.05. The molecule has 90 valence electrons. The number of aryl methyl sites for hydroxylation is 1. The van der Waals surface area contributed by atoms with Gasteiger partial charge in [-0.05, 0) is 23.3 Å². The molecule has 0 aromatic carbocycles. The number of hydrogen-bond donors (Lipinski definition) is 1. The molecule has 0 aliphatic heterocycles. The minimum atomic E-state index is -0.191. The molecule has 16 heavy (non-hydrogen) atoms. The Morgan fingerprint density at radius 3 is 2.69 bits per heavy atom. The number of amides is 1. The number of aromatic nitrogens is 4. The summed E-state index contributed by atoms with van der Waals surface area (Å²) >= 11 is 1.35. The van der Waals surface area contributed by atoms with Gasteiger partial charge in [0.15, 0.2) is 0 Å². The lowest BCUT2D eigenvalue weighted by atomic mass is 10.2. The van der Waals surface area contributed by atoms with E-state index in [9.17, 15) is 4.79 Å². The van der Waals surface area contributed by atoms with Crippen molar-refractivity contribution in [3.05, 3.63) is 0 Å². The standard InChI is InChI=1S/C9H17N5OS/c1-6(2)5-10-8(15)7(3)16-9-11-12-13-14(9)4/h6-7H,5H2,1-4H3,(H,10,15)/t7-/m1/s1. The van der Waals surface area contributed by atoms with Crippen LogP contribution in [-0.4, -0.2) is 37.9 Å². The van der Waals surface area contributed by atoms with Crippen molar-refractivity contribution in [3.8, 4) is 0 Å². The lowest BCUT2D eigenvalue weighted by Crippen LogP contribution is -2.33. The summed E-state index contributed by atoms with van der Waals surface area (Å²) in [6.07, 6.45) is 0. The van der Waals surface area contributed by atoms with E-state index < -0.39 is 0 Å². The van der Waals surface area contributed by atoms with E-state index in [4.69, 9.17) is 0 Å². The van der Waals surface area contributed by atoms with Crippen LogP contribution in [0, 0.1) is 5.92 Å². The Hall–Kier alpha value is -1.11. The van der Waals surface area contributed by atoms with Crippen molar-refractivity contribution in [1.82, 2.24) is 25.5 Å². The molecule has 1 atom stereocenters. The molecule has 0 aliphatic carbocycles. The van der Waals surface area contributed by atoms with Crippen molar-refractivity contribution in [2.45, 2.75) is 31.2 Å². The summed E-state index contributed by atoms with van der Waals surface area (Å²) in [5.74, 6) is 0.472. The molecule has 1 N–H and O–H groups in total. The third-order valence-electron chi connectivity index (χ3n) is 1.92. The van der Waals surface area contributed by atoms with E-state index in [1.165, 1.54) is 11.8 Å². The van der Waals surface area contributed by atoms with Gasteiger partial charge in [-0.1, -0.05) is 25.6 Å². The fraction of sp³-hybridized carbons (Fsp3) is 0.778. The predicted molar refractivity (Wildman–Crippen MR) is 62.0 cm³/mol.